The first-order valence-corrected chi connectivity index (χ1v) is 9.87. The van der Waals surface area contributed by atoms with Gasteiger partial charge in [0.05, 0.1) is 23.9 Å². The maximum Gasteiger partial charge on any atom is 0.225 e. The standard InChI is InChI=1S/C19H26N4O2S/c1-15-21-18(14-26-15)13-20-12-16-3-2-4-17(11-16)22-19(24)5-6-23-7-9-25-10-8-23/h2-4,11,14,20H,5-10,12-13H2,1H3,(H,22,24). The number of amides is 1. The van der Waals surface area contributed by atoms with Crippen molar-refractivity contribution in [2.45, 2.75) is 26.4 Å². The lowest BCUT2D eigenvalue weighted by molar-refractivity contribution is -0.116. The molecule has 0 saturated carbocycles. The Morgan fingerprint density at radius 3 is 2.92 bits per heavy atom. The Bertz CT molecular complexity index is 713. The van der Waals surface area contributed by atoms with Crippen molar-refractivity contribution in [1.29, 1.82) is 0 Å². The summed E-state index contributed by atoms with van der Waals surface area (Å²) in [5.41, 5.74) is 3.06. The van der Waals surface area contributed by atoms with Gasteiger partial charge in [-0.1, -0.05) is 12.1 Å². The Morgan fingerprint density at radius 2 is 2.15 bits per heavy atom. The van der Waals surface area contributed by atoms with Gasteiger partial charge in [0.25, 0.3) is 0 Å². The molecule has 7 heteroatoms. The molecule has 0 spiro atoms. The molecule has 6 nitrogen and oxygen atoms in total. The van der Waals surface area contributed by atoms with E-state index in [1.54, 1.807) is 11.3 Å². The topological polar surface area (TPSA) is 66.5 Å². The summed E-state index contributed by atoms with van der Waals surface area (Å²) < 4.78 is 5.33. The van der Waals surface area contributed by atoms with E-state index in [1.807, 2.05) is 25.1 Å². The van der Waals surface area contributed by atoms with Crippen molar-refractivity contribution >= 4 is 22.9 Å². The maximum absolute atomic E-state index is 12.2. The van der Waals surface area contributed by atoms with Gasteiger partial charge >= 0.3 is 0 Å². The quantitative estimate of drug-likeness (QED) is 0.743. The number of carbonyl (C=O) groups is 1. The lowest BCUT2D eigenvalue weighted by Crippen LogP contribution is -2.38. The summed E-state index contributed by atoms with van der Waals surface area (Å²) in [6, 6.07) is 7.98. The maximum atomic E-state index is 12.2. The van der Waals surface area contributed by atoms with Gasteiger partial charge in [0, 0.05) is 50.2 Å². The van der Waals surface area contributed by atoms with Crippen LogP contribution in [0.25, 0.3) is 0 Å². The number of nitrogens with one attached hydrogen (secondary N) is 2. The van der Waals surface area contributed by atoms with Crippen molar-refractivity contribution in [2.75, 3.05) is 38.2 Å². The van der Waals surface area contributed by atoms with Crippen molar-refractivity contribution in [1.82, 2.24) is 15.2 Å². The Morgan fingerprint density at radius 1 is 1.31 bits per heavy atom. The molecular formula is C19H26N4O2S. The second-order valence-electron chi connectivity index (χ2n) is 6.41. The molecule has 2 N–H and O–H groups in total. The van der Waals surface area contributed by atoms with Gasteiger partial charge in [-0.2, -0.15) is 0 Å². The van der Waals surface area contributed by atoms with Gasteiger partial charge in [0.1, 0.15) is 0 Å². The molecule has 3 rings (SSSR count). The minimum atomic E-state index is 0.0551. The van der Waals surface area contributed by atoms with Gasteiger partial charge in [0.2, 0.25) is 5.91 Å². The monoisotopic (exact) mass is 374 g/mol. The van der Waals surface area contributed by atoms with Gasteiger partial charge in [-0.15, -0.1) is 11.3 Å². The van der Waals surface area contributed by atoms with Crippen molar-refractivity contribution in [3.63, 3.8) is 0 Å². The van der Waals surface area contributed by atoms with Crippen LogP contribution in [0.5, 0.6) is 0 Å². The van der Waals surface area contributed by atoms with E-state index >= 15 is 0 Å². The number of aryl methyl sites for hydroxylation is 1. The van der Waals surface area contributed by atoms with E-state index in [4.69, 9.17) is 4.74 Å². The molecule has 0 atom stereocenters. The van der Waals surface area contributed by atoms with Crippen LogP contribution >= 0.6 is 11.3 Å². The highest BCUT2D eigenvalue weighted by Gasteiger charge is 2.12. The number of carbonyl (C=O) groups excluding carboxylic acids is 1. The minimum absolute atomic E-state index is 0.0551. The van der Waals surface area contributed by atoms with Crippen molar-refractivity contribution < 1.29 is 9.53 Å². The number of benzene rings is 1. The lowest BCUT2D eigenvalue weighted by Gasteiger charge is -2.26. The molecule has 26 heavy (non-hydrogen) atoms. The average molecular weight is 375 g/mol. The van der Waals surface area contributed by atoms with E-state index in [-0.39, 0.29) is 5.91 Å². The molecule has 140 valence electrons. The number of hydrogen-bond acceptors (Lipinski definition) is 6. The first kappa shape index (κ1) is 19.0. The fourth-order valence-corrected chi connectivity index (χ4v) is 3.50. The third-order valence-electron chi connectivity index (χ3n) is 4.27. The average Bonchev–Trinajstić information content (AvgIpc) is 3.06. The van der Waals surface area contributed by atoms with Gasteiger partial charge in [-0.25, -0.2) is 4.98 Å². The first-order chi connectivity index (χ1) is 12.7. The molecule has 0 unspecified atom stereocenters. The second kappa shape index (κ2) is 9.78. The molecule has 2 heterocycles. The van der Waals surface area contributed by atoms with E-state index < -0.39 is 0 Å². The summed E-state index contributed by atoms with van der Waals surface area (Å²) in [4.78, 5) is 18.9. The molecule has 1 aliphatic rings. The third kappa shape index (κ3) is 6.17. The summed E-state index contributed by atoms with van der Waals surface area (Å²) in [5.74, 6) is 0.0551. The van der Waals surface area contributed by atoms with E-state index in [2.05, 4.69) is 32.0 Å². The summed E-state index contributed by atoms with van der Waals surface area (Å²) in [6.07, 6.45) is 0.506. The van der Waals surface area contributed by atoms with E-state index in [0.717, 1.165) is 67.9 Å². The molecule has 0 aliphatic carbocycles. The number of anilines is 1. The van der Waals surface area contributed by atoms with Gasteiger partial charge in [-0.3, -0.25) is 9.69 Å². The van der Waals surface area contributed by atoms with E-state index in [1.165, 1.54) is 0 Å². The van der Waals surface area contributed by atoms with Crippen LogP contribution in [-0.4, -0.2) is 48.6 Å². The zero-order valence-electron chi connectivity index (χ0n) is 15.2. The Kier molecular flexibility index (Phi) is 7.13. The predicted molar refractivity (Wildman–Crippen MR) is 104 cm³/mol. The van der Waals surface area contributed by atoms with Crippen LogP contribution in [0.4, 0.5) is 5.69 Å². The molecule has 1 saturated heterocycles. The van der Waals surface area contributed by atoms with Crippen LogP contribution in [0, 0.1) is 6.92 Å². The molecule has 0 radical (unpaired) electrons. The predicted octanol–water partition coefficient (Wildman–Crippen LogP) is 2.40. The summed E-state index contributed by atoms with van der Waals surface area (Å²) in [7, 11) is 0. The van der Waals surface area contributed by atoms with Crippen LogP contribution < -0.4 is 10.6 Å². The Balaban J connectivity index is 1.41. The minimum Gasteiger partial charge on any atom is -0.379 e. The van der Waals surface area contributed by atoms with Crippen molar-refractivity contribution in [3.05, 3.63) is 45.9 Å². The molecule has 1 aliphatic heterocycles. The highest BCUT2D eigenvalue weighted by atomic mass is 32.1. The zero-order valence-corrected chi connectivity index (χ0v) is 16.0. The second-order valence-corrected chi connectivity index (χ2v) is 7.48. The van der Waals surface area contributed by atoms with Gasteiger partial charge in [0.15, 0.2) is 0 Å². The molecule has 1 aromatic carbocycles. The van der Waals surface area contributed by atoms with Crippen LogP contribution in [0.2, 0.25) is 0 Å². The summed E-state index contributed by atoms with van der Waals surface area (Å²) >= 11 is 1.67. The number of morpholine rings is 1. The largest absolute Gasteiger partial charge is 0.379 e. The van der Waals surface area contributed by atoms with E-state index in [0.29, 0.717) is 6.42 Å². The number of thiazole rings is 1. The van der Waals surface area contributed by atoms with Crippen LogP contribution in [-0.2, 0) is 22.6 Å². The van der Waals surface area contributed by atoms with E-state index in [9.17, 15) is 4.79 Å². The molecule has 0 bridgehead atoms. The molecule has 1 aromatic heterocycles. The number of aromatic nitrogens is 1. The van der Waals surface area contributed by atoms with Crippen LogP contribution in [0.1, 0.15) is 22.7 Å². The van der Waals surface area contributed by atoms with Gasteiger partial charge in [-0.05, 0) is 24.6 Å². The van der Waals surface area contributed by atoms with Crippen LogP contribution in [0.3, 0.4) is 0 Å². The van der Waals surface area contributed by atoms with Crippen LogP contribution in [0.15, 0.2) is 29.6 Å². The summed E-state index contributed by atoms with van der Waals surface area (Å²) in [5, 5.41) is 9.55. The molecular weight excluding hydrogens is 348 g/mol. The number of hydrogen-bond donors (Lipinski definition) is 2. The lowest BCUT2D eigenvalue weighted by atomic mass is 10.2. The summed E-state index contributed by atoms with van der Waals surface area (Å²) in [6.45, 7) is 7.63. The molecule has 1 fully saturated rings. The smallest absolute Gasteiger partial charge is 0.225 e. The fraction of sp³-hybridized carbons (Fsp3) is 0.474. The van der Waals surface area contributed by atoms with Crippen molar-refractivity contribution in [3.8, 4) is 0 Å². The van der Waals surface area contributed by atoms with Crippen molar-refractivity contribution in [2.24, 2.45) is 0 Å². The molecule has 1 amide bonds. The first-order valence-electron chi connectivity index (χ1n) is 9.00. The fourth-order valence-electron chi connectivity index (χ4n) is 2.89. The SMILES string of the molecule is Cc1nc(CNCc2cccc(NC(=O)CCN3CCOCC3)c2)cs1. The normalized spacial score (nSPS) is 15.1. The molecule has 2 aromatic rings. The Labute approximate surface area is 158 Å². The Hall–Kier alpha value is -1.80. The third-order valence-corrected chi connectivity index (χ3v) is 5.09. The number of nitrogens with zero attached hydrogens (tertiary/aromatic N) is 2. The number of ether oxygens (including phenoxy) is 1. The zero-order chi connectivity index (χ0) is 18.2. The highest BCUT2D eigenvalue weighted by molar-refractivity contribution is 7.09. The number of rotatable bonds is 8. The highest BCUT2D eigenvalue weighted by Crippen LogP contribution is 2.12. The van der Waals surface area contributed by atoms with Gasteiger partial charge < -0.3 is 15.4 Å².